The number of hydrogen-bond donors (Lipinski definition) is 1. The zero-order valence-electron chi connectivity index (χ0n) is 10.0. The maximum Gasteiger partial charge on any atom is 0.233 e. The minimum Gasteiger partial charge on any atom is -0.394 e. The highest BCUT2D eigenvalue weighted by Crippen LogP contribution is 2.27. The van der Waals surface area contributed by atoms with Crippen molar-refractivity contribution in [1.29, 1.82) is 0 Å². The predicted octanol–water partition coefficient (Wildman–Crippen LogP) is 2.42. The van der Waals surface area contributed by atoms with Gasteiger partial charge < -0.3 is 10.0 Å². The molecule has 0 bridgehead atoms. The van der Waals surface area contributed by atoms with E-state index in [4.69, 9.17) is 11.6 Å². The zero-order valence-corrected chi connectivity index (χ0v) is 11.6. The second-order valence-electron chi connectivity index (χ2n) is 4.28. The summed E-state index contributed by atoms with van der Waals surface area (Å²) in [4.78, 5) is 14.8. The Bertz CT molecular complexity index is 427. The van der Waals surface area contributed by atoms with Crippen LogP contribution in [0.3, 0.4) is 0 Å². The second-order valence-corrected chi connectivity index (χ2v) is 5.71. The maximum absolute atomic E-state index is 12.1. The van der Waals surface area contributed by atoms with Gasteiger partial charge in [0.2, 0.25) is 5.91 Å². The summed E-state index contributed by atoms with van der Waals surface area (Å²) in [7, 11) is 0. The number of benzene rings is 1. The number of aliphatic hydroxyl groups excluding tert-OH is 1. The van der Waals surface area contributed by atoms with Crippen LogP contribution in [0.2, 0.25) is 5.02 Å². The normalized spacial score (nSPS) is 19.2. The van der Waals surface area contributed by atoms with Gasteiger partial charge >= 0.3 is 0 Å². The highest BCUT2D eigenvalue weighted by atomic mass is 35.5. The molecular formula is C13H16ClNO2S. The van der Waals surface area contributed by atoms with Crippen LogP contribution in [0.4, 0.5) is 0 Å². The van der Waals surface area contributed by atoms with Crippen LogP contribution in [0.1, 0.15) is 12.8 Å². The van der Waals surface area contributed by atoms with E-state index in [1.54, 1.807) is 4.90 Å². The second kappa shape index (κ2) is 6.45. The molecule has 1 heterocycles. The largest absolute Gasteiger partial charge is 0.394 e. The Morgan fingerprint density at radius 2 is 2.28 bits per heavy atom. The maximum atomic E-state index is 12.1. The van der Waals surface area contributed by atoms with Gasteiger partial charge in [-0.2, -0.15) is 0 Å². The average molecular weight is 286 g/mol. The van der Waals surface area contributed by atoms with E-state index in [-0.39, 0.29) is 18.6 Å². The van der Waals surface area contributed by atoms with E-state index in [1.165, 1.54) is 11.8 Å². The van der Waals surface area contributed by atoms with Crippen molar-refractivity contribution in [3.63, 3.8) is 0 Å². The van der Waals surface area contributed by atoms with Crippen LogP contribution in [0, 0.1) is 0 Å². The van der Waals surface area contributed by atoms with Crippen LogP contribution in [0.5, 0.6) is 0 Å². The molecule has 1 aliphatic heterocycles. The molecule has 3 nitrogen and oxygen atoms in total. The molecule has 1 saturated heterocycles. The fourth-order valence-corrected chi connectivity index (χ4v) is 3.26. The minimum absolute atomic E-state index is 0.00402. The number of carbonyl (C=O) groups excluding carboxylic acids is 1. The lowest BCUT2D eigenvalue weighted by Crippen LogP contribution is -2.38. The Morgan fingerprint density at radius 1 is 1.50 bits per heavy atom. The van der Waals surface area contributed by atoms with Crippen molar-refractivity contribution in [3.05, 3.63) is 29.3 Å². The van der Waals surface area contributed by atoms with E-state index in [0.29, 0.717) is 10.8 Å². The van der Waals surface area contributed by atoms with E-state index < -0.39 is 0 Å². The van der Waals surface area contributed by atoms with Gasteiger partial charge in [-0.15, -0.1) is 11.8 Å². The molecule has 0 unspecified atom stereocenters. The summed E-state index contributed by atoms with van der Waals surface area (Å²) in [6, 6.07) is 7.51. The van der Waals surface area contributed by atoms with E-state index in [2.05, 4.69) is 0 Å². The first-order chi connectivity index (χ1) is 8.72. The molecule has 1 amide bonds. The lowest BCUT2D eigenvalue weighted by Gasteiger charge is -2.22. The number of thioether (sulfide) groups is 1. The van der Waals surface area contributed by atoms with Gasteiger partial charge in [0.25, 0.3) is 0 Å². The smallest absolute Gasteiger partial charge is 0.233 e. The third-order valence-electron chi connectivity index (χ3n) is 3.10. The van der Waals surface area contributed by atoms with Crippen molar-refractivity contribution in [1.82, 2.24) is 4.90 Å². The summed E-state index contributed by atoms with van der Waals surface area (Å²) in [6.07, 6.45) is 1.88. The highest BCUT2D eigenvalue weighted by molar-refractivity contribution is 8.00. The molecule has 1 atom stereocenters. The Kier molecular flexibility index (Phi) is 4.92. The summed E-state index contributed by atoms with van der Waals surface area (Å²) >= 11 is 7.49. The molecule has 0 aromatic heterocycles. The summed E-state index contributed by atoms with van der Waals surface area (Å²) < 4.78 is 0. The van der Waals surface area contributed by atoms with Gasteiger partial charge in [-0.05, 0) is 25.0 Å². The minimum atomic E-state index is 0.00402. The number of nitrogens with zero attached hydrogens (tertiary/aromatic N) is 1. The van der Waals surface area contributed by atoms with E-state index in [1.807, 2.05) is 24.3 Å². The summed E-state index contributed by atoms with van der Waals surface area (Å²) in [5, 5.41) is 9.87. The first-order valence-electron chi connectivity index (χ1n) is 6.00. The first-order valence-corrected chi connectivity index (χ1v) is 7.36. The van der Waals surface area contributed by atoms with Gasteiger partial charge in [0.15, 0.2) is 0 Å². The molecular weight excluding hydrogens is 270 g/mol. The number of hydrogen-bond acceptors (Lipinski definition) is 3. The van der Waals surface area contributed by atoms with Gasteiger partial charge in [0.1, 0.15) is 0 Å². The molecule has 18 heavy (non-hydrogen) atoms. The molecule has 0 spiro atoms. The fraction of sp³-hybridized carbons (Fsp3) is 0.462. The number of carbonyl (C=O) groups is 1. The van der Waals surface area contributed by atoms with Crippen LogP contribution in [-0.2, 0) is 4.79 Å². The Balaban J connectivity index is 1.90. The molecule has 1 aromatic rings. The lowest BCUT2D eigenvalue weighted by atomic mass is 10.2. The third-order valence-corrected chi connectivity index (χ3v) is 4.60. The van der Waals surface area contributed by atoms with Crippen molar-refractivity contribution >= 4 is 29.3 Å². The Morgan fingerprint density at radius 3 is 3.00 bits per heavy atom. The third kappa shape index (κ3) is 3.19. The standard InChI is InChI=1S/C13H16ClNO2S/c14-11-5-1-2-6-12(11)18-9-13(17)15-7-3-4-10(15)8-16/h1-2,5-6,10,16H,3-4,7-9H2/t10-/m0/s1. The molecule has 1 fully saturated rings. The lowest BCUT2D eigenvalue weighted by molar-refractivity contribution is -0.129. The van der Waals surface area contributed by atoms with Gasteiger partial charge in [0.05, 0.1) is 23.4 Å². The van der Waals surface area contributed by atoms with Crippen molar-refractivity contribution in [2.24, 2.45) is 0 Å². The van der Waals surface area contributed by atoms with Crippen molar-refractivity contribution < 1.29 is 9.90 Å². The topological polar surface area (TPSA) is 40.5 Å². The summed E-state index contributed by atoms with van der Waals surface area (Å²) in [6.45, 7) is 0.815. The van der Waals surface area contributed by atoms with E-state index >= 15 is 0 Å². The van der Waals surface area contributed by atoms with Crippen LogP contribution in [0.25, 0.3) is 0 Å². The molecule has 0 aliphatic carbocycles. The quantitative estimate of drug-likeness (QED) is 0.864. The van der Waals surface area contributed by atoms with Crippen LogP contribution < -0.4 is 0 Å². The van der Waals surface area contributed by atoms with Gasteiger partial charge in [-0.1, -0.05) is 23.7 Å². The molecule has 1 aliphatic rings. The number of rotatable bonds is 4. The molecule has 0 radical (unpaired) electrons. The molecule has 0 saturated carbocycles. The number of amides is 1. The molecule has 5 heteroatoms. The van der Waals surface area contributed by atoms with Crippen LogP contribution >= 0.6 is 23.4 Å². The van der Waals surface area contributed by atoms with Gasteiger partial charge in [-0.3, -0.25) is 4.79 Å². The highest BCUT2D eigenvalue weighted by Gasteiger charge is 2.27. The predicted molar refractivity (Wildman–Crippen MR) is 74.0 cm³/mol. The molecule has 1 aromatic carbocycles. The monoisotopic (exact) mass is 285 g/mol. The zero-order chi connectivity index (χ0) is 13.0. The number of halogens is 1. The number of aliphatic hydroxyl groups is 1. The van der Waals surface area contributed by atoms with Crippen molar-refractivity contribution in [2.75, 3.05) is 18.9 Å². The molecule has 2 rings (SSSR count). The van der Waals surface area contributed by atoms with Gasteiger partial charge in [0, 0.05) is 11.4 Å². The average Bonchev–Trinajstić information content (AvgIpc) is 2.86. The Labute approximate surface area is 116 Å². The fourth-order valence-electron chi connectivity index (χ4n) is 2.14. The number of likely N-dealkylation sites (tertiary alicyclic amines) is 1. The molecule has 1 N–H and O–H groups in total. The molecule has 98 valence electrons. The van der Waals surface area contributed by atoms with Gasteiger partial charge in [-0.25, -0.2) is 0 Å². The van der Waals surface area contributed by atoms with Crippen LogP contribution in [0.15, 0.2) is 29.2 Å². The Hall–Kier alpha value is -0.710. The van der Waals surface area contributed by atoms with E-state index in [0.717, 1.165) is 24.3 Å². The van der Waals surface area contributed by atoms with Crippen LogP contribution in [-0.4, -0.2) is 40.9 Å². The summed E-state index contributed by atoms with van der Waals surface area (Å²) in [5.41, 5.74) is 0. The first kappa shape index (κ1) is 13.7. The SMILES string of the molecule is O=C(CSc1ccccc1Cl)N1CCC[C@H]1CO. The summed E-state index contributed by atoms with van der Waals surface area (Å²) in [5.74, 6) is 0.455. The van der Waals surface area contributed by atoms with E-state index in [9.17, 15) is 9.90 Å². The van der Waals surface area contributed by atoms with Crippen molar-refractivity contribution in [3.8, 4) is 0 Å². The van der Waals surface area contributed by atoms with Crippen molar-refractivity contribution in [2.45, 2.75) is 23.8 Å².